The Kier molecular flexibility index (Phi) is 7.89. The van der Waals surface area contributed by atoms with E-state index in [1.807, 2.05) is 19.9 Å². The molecule has 0 aliphatic carbocycles. The van der Waals surface area contributed by atoms with E-state index in [4.69, 9.17) is 28.9 Å². The van der Waals surface area contributed by atoms with Crippen LogP contribution in [-0.2, 0) is 4.79 Å². The molecule has 0 aliphatic rings. The number of rotatable bonds is 5. The van der Waals surface area contributed by atoms with Crippen LogP contribution in [0.4, 0.5) is 0 Å². The van der Waals surface area contributed by atoms with Gasteiger partial charge in [-0.15, -0.1) is 12.4 Å². The van der Waals surface area contributed by atoms with Gasteiger partial charge in [-0.05, 0) is 38.0 Å². The highest BCUT2D eigenvalue weighted by Crippen LogP contribution is 2.26. The van der Waals surface area contributed by atoms with Gasteiger partial charge < -0.3 is 11.1 Å². The van der Waals surface area contributed by atoms with Crippen molar-refractivity contribution in [2.75, 3.05) is 0 Å². The summed E-state index contributed by atoms with van der Waals surface area (Å²) in [5, 5.41) is 4.00. The summed E-state index contributed by atoms with van der Waals surface area (Å²) in [6, 6.07) is 5.01. The first-order valence-electron chi connectivity index (χ1n) is 6.32. The molecule has 0 saturated heterocycles. The van der Waals surface area contributed by atoms with Gasteiger partial charge in [-0.2, -0.15) is 0 Å². The second-order valence-corrected chi connectivity index (χ2v) is 5.87. The van der Waals surface area contributed by atoms with E-state index >= 15 is 0 Å². The zero-order valence-electron chi connectivity index (χ0n) is 11.9. The van der Waals surface area contributed by atoms with Crippen LogP contribution in [0.1, 0.15) is 45.2 Å². The molecule has 0 spiro atoms. The van der Waals surface area contributed by atoms with Crippen molar-refractivity contribution in [3.63, 3.8) is 0 Å². The Morgan fingerprint density at radius 1 is 1.45 bits per heavy atom. The third-order valence-corrected chi connectivity index (χ3v) is 3.63. The fourth-order valence-corrected chi connectivity index (χ4v) is 2.50. The second-order valence-electron chi connectivity index (χ2n) is 5.03. The van der Waals surface area contributed by atoms with Gasteiger partial charge in [0.05, 0.1) is 11.6 Å². The molecule has 3 nitrogen and oxygen atoms in total. The van der Waals surface area contributed by atoms with E-state index < -0.39 is 5.54 Å². The smallest absolute Gasteiger partial charge is 0.240 e. The van der Waals surface area contributed by atoms with Crippen LogP contribution in [0.15, 0.2) is 18.2 Å². The number of carbonyl (C=O) groups is 1. The fraction of sp³-hybridized carbons (Fsp3) is 0.500. The second kappa shape index (κ2) is 8.08. The predicted octanol–water partition coefficient (Wildman–Crippen LogP) is 4.11. The highest BCUT2D eigenvalue weighted by Gasteiger charge is 2.28. The van der Waals surface area contributed by atoms with Crippen molar-refractivity contribution >= 4 is 41.5 Å². The van der Waals surface area contributed by atoms with Gasteiger partial charge in [-0.3, -0.25) is 4.79 Å². The molecule has 2 unspecified atom stereocenters. The average Bonchev–Trinajstić information content (AvgIpc) is 2.28. The summed E-state index contributed by atoms with van der Waals surface area (Å²) in [5.74, 6) is -0.173. The maximum absolute atomic E-state index is 12.1. The number of amides is 1. The van der Waals surface area contributed by atoms with Crippen molar-refractivity contribution < 1.29 is 4.79 Å². The number of nitrogens with one attached hydrogen (secondary N) is 1. The minimum Gasteiger partial charge on any atom is -0.348 e. The molecular formula is C14H21Cl3N2O. The monoisotopic (exact) mass is 338 g/mol. The molecule has 20 heavy (non-hydrogen) atoms. The van der Waals surface area contributed by atoms with Crippen molar-refractivity contribution in [3.05, 3.63) is 33.8 Å². The first kappa shape index (κ1) is 19.5. The van der Waals surface area contributed by atoms with Crippen LogP contribution in [0.2, 0.25) is 10.0 Å². The number of hydrogen-bond donors (Lipinski definition) is 2. The molecule has 0 saturated carbocycles. The molecule has 0 radical (unpaired) electrons. The maximum atomic E-state index is 12.1. The predicted molar refractivity (Wildman–Crippen MR) is 87.8 cm³/mol. The summed E-state index contributed by atoms with van der Waals surface area (Å²) in [7, 11) is 0. The van der Waals surface area contributed by atoms with Crippen molar-refractivity contribution in [3.8, 4) is 0 Å². The van der Waals surface area contributed by atoms with Crippen LogP contribution in [0, 0.1) is 0 Å². The number of halogens is 3. The highest BCUT2D eigenvalue weighted by molar-refractivity contribution is 6.35. The van der Waals surface area contributed by atoms with E-state index in [9.17, 15) is 4.79 Å². The van der Waals surface area contributed by atoms with Crippen LogP contribution < -0.4 is 11.1 Å². The van der Waals surface area contributed by atoms with Gasteiger partial charge in [0.15, 0.2) is 0 Å². The summed E-state index contributed by atoms with van der Waals surface area (Å²) in [6.45, 7) is 5.61. The number of carbonyl (C=O) groups excluding carboxylic acids is 1. The van der Waals surface area contributed by atoms with Crippen molar-refractivity contribution in [2.24, 2.45) is 5.73 Å². The van der Waals surface area contributed by atoms with Crippen molar-refractivity contribution in [2.45, 2.75) is 45.2 Å². The van der Waals surface area contributed by atoms with E-state index in [-0.39, 0.29) is 24.4 Å². The normalized spacial score (nSPS) is 14.9. The van der Waals surface area contributed by atoms with Gasteiger partial charge in [0, 0.05) is 10.0 Å². The van der Waals surface area contributed by atoms with Gasteiger partial charge in [-0.25, -0.2) is 0 Å². The molecule has 0 fully saturated rings. The standard InChI is InChI=1S/C14H20Cl2N2O.ClH/c1-4-7-14(3,17)13(19)18-9(2)11-6-5-10(15)8-12(11)16;/h5-6,8-9H,4,7,17H2,1-3H3,(H,18,19);1H. The van der Waals surface area contributed by atoms with Crippen LogP contribution in [0.5, 0.6) is 0 Å². The highest BCUT2D eigenvalue weighted by atomic mass is 35.5. The van der Waals surface area contributed by atoms with Gasteiger partial charge >= 0.3 is 0 Å². The summed E-state index contributed by atoms with van der Waals surface area (Å²) in [6.07, 6.45) is 1.50. The molecule has 1 rings (SSSR count). The molecule has 0 heterocycles. The lowest BCUT2D eigenvalue weighted by Gasteiger charge is -2.26. The fourth-order valence-electron chi connectivity index (χ4n) is 1.92. The summed E-state index contributed by atoms with van der Waals surface area (Å²) in [4.78, 5) is 12.1. The largest absolute Gasteiger partial charge is 0.348 e. The molecule has 6 heteroatoms. The number of hydrogen-bond acceptors (Lipinski definition) is 2. The molecule has 0 aliphatic heterocycles. The molecule has 1 aromatic rings. The van der Waals surface area contributed by atoms with E-state index in [0.29, 0.717) is 16.5 Å². The van der Waals surface area contributed by atoms with Gasteiger partial charge in [0.1, 0.15) is 0 Å². The summed E-state index contributed by atoms with van der Waals surface area (Å²) < 4.78 is 0. The number of benzene rings is 1. The van der Waals surface area contributed by atoms with Crippen LogP contribution in [0.25, 0.3) is 0 Å². The van der Waals surface area contributed by atoms with Crippen molar-refractivity contribution in [1.82, 2.24) is 5.32 Å². The minimum absolute atomic E-state index is 0. The number of nitrogens with two attached hydrogens (primary N) is 1. The Labute approximate surface area is 136 Å². The minimum atomic E-state index is -0.859. The third-order valence-electron chi connectivity index (χ3n) is 3.06. The Morgan fingerprint density at radius 3 is 2.55 bits per heavy atom. The third kappa shape index (κ3) is 5.13. The molecule has 3 N–H and O–H groups in total. The summed E-state index contributed by atoms with van der Waals surface area (Å²) in [5.41, 5.74) is 5.96. The van der Waals surface area contributed by atoms with Crippen LogP contribution in [0.3, 0.4) is 0 Å². The molecule has 114 valence electrons. The van der Waals surface area contributed by atoms with Gasteiger partial charge in [-0.1, -0.05) is 42.6 Å². The Bertz CT molecular complexity index is 464. The first-order chi connectivity index (χ1) is 8.77. The first-order valence-corrected chi connectivity index (χ1v) is 7.08. The Balaban J connectivity index is 0.00000361. The van der Waals surface area contributed by atoms with Gasteiger partial charge in [0.2, 0.25) is 5.91 Å². The Hall–Kier alpha value is -0.480. The topological polar surface area (TPSA) is 55.1 Å². The quantitative estimate of drug-likeness (QED) is 0.848. The lowest BCUT2D eigenvalue weighted by Crippen LogP contribution is -2.52. The van der Waals surface area contributed by atoms with E-state index in [1.54, 1.807) is 19.1 Å². The molecule has 0 aromatic heterocycles. The maximum Gasteiger partial charge on any atom is 0.240 e. The van der Waals surface area contributed by atoms with E-state index in [2.05, 4.69) is 5.32 Å². The zero-order chi connectivity index (χ0) is 14.6. The van der Waals surface area contributed by atoms with Crippen LogP contribution >= 0.6 is 35.6 Å². The Morgan fingerprint density at radius 2 is 2.05 bits per heavy atom. The molecular weight excluding hydrogens is 319 g/mol. The molecule has 1 amide bonds. The summed E-state index contributed by atoms with van der Waals surface area (Å²) >= 11 is 12.0. The van der Waals surface area contributed by atoms with Crippen molar-refractivity contribution in [1.29, 1.82) is 0 Å². The van der Waals surface area contributed by atoms with E-state index in [1.165, 1.54) is 0 Å². The average molecular weight is 340 g/mol. The molecule has 0 bridgehead atoms. The van der Waals surface area contributed by atoms with Gasteiger partial charge in [0.25, 0.3) is 0 Å². The van der Waals surface area contributed by atoms with Crippen LogP contribution in [-0.4, -0.2) is 11.4 Å². The zero-order valence-corrected chi connectivity index (χ0v) is 14.2. The lowest BCUT2D eigenvalue weighted by atomic mass is 9.95. The molecule has 2 atom stereocenters. The van der Waals surface area contributed by atoms with E-state index in [0.717, 1.165) is 12.0 Å². The molecule has 1 aromatic carbocycles. The lowest BCUT2D eigenvalue weighted by molar-refractivity contribution is -0.126. The SMILES string of the molecule is CCCC(C)(N)C(=O)NC(C)c1ccc(Cl)cc1Cl.Cl.